The van der Waals surface area contributed by atoms with E-state index in [0.717, 1.165) is 21.9 Å². The van der Waals surface area contributed by atoms with Crippen LogP contribution in [0.2, 0.25) is 0 Å². The van der Waals surface area contributed by atoms with Gasteiger partial charge in [0.05, 0.1) is 12.1 Å². The quantitative estimate of drug-likeness (QED) is 0.511. The summed E-state index contributed by atoms with van der Waals surface area (Å²) < 4.78 is 15.3. The van der Waals surface area contributed by atoms with Gasteiger partial charge >= 0.3 is 11.9 Å². The van der Waals surface area contributed by atoms with Crippen LogP contribution in [0.15, 0.2) is 47.5 Å². The van der Waals surface area contributed by atoms with E-state index < -0.39 is 17.7 Å². The lowest BCUT2D eigenvalue weighted by molar-refractivity contribution is -0.222. The van der Waals surface area contributed by atoms with Gasteiger partial charge in [0.1, 0.15) is 5.75 Å². The average molecular weight is 359 g/mol. The number of benzene rings is 1. The van der Waals surface area contributed by atoms with Crippen molar-refractivity contribution in [2.45, 2.75) is 19.6 Å². The summed E-state index contributed by atoms with van der Waals surface area (Å²) in [6.45, 7) is 3.01. The molecule has 1 aliphatic rings. The highest BCUT2D eigenvalue weighted by molar-refractivity contribution is 7.14. The Morgan fingerprint density at radius 3 is 2.52 bits per heavy atom. The van der Waals surface area contributed by atoms with E-state index in [-0.39, 0.29) is 5.57 Å². The van der Waals surface area contributed by atoms with Crippen molar-refractivity contribution >= 4 is 28.3 Å². The molecular formula is C18H17NO5S. The molecule has 6 nitrogen and oxygen atoms in total. The third-order valence-corrected chi connectivity index (χ3v) is 4.34. The van der Waals surface area contributed by atoms with E-state index in [4.69, 9.17) is 14.2 Å². The van der Waals surface area contributed by atoms with E-state index in [1.807, 2.05) is 35.7 Å². The third kappa shape index (κ3) is 3.83. The fraction of sp³-hybridized carbons (Fsp3) is 0.222. The lowest BCUT2D eigenvalue weighted by Crippen LogP contribution is -2.42. The highest BCUT2D eigenvalue weighted by Gasteiger charge is 2.38. The van der Waals surface area contributed by atoms with E-state index in [9.17, 15) is 9.59 Å². The largest absolute Gasteiger partial charge is 0.497 e. The van der Waals surface area contributed by atoms with Crippen LogP contribution in [0.1, 0.15) is 13.8 Å². The predicted octanol–water partition coefficient (Wildman–Crippen LogP) is 3.56. The van der Waals surface area contributed by atoms with Gasteiger partial charge in [-0.05, 0) is 29.3 Å². The fourth-order valence-corrected chi connectivity index (χ4v) is 3.07. The second-order valence-corrected chi connectivity index (χ2v) is 6.72. The molecule has 130 valence electrons. The first-order valence-corrected chi connectivity index (χ1v) is 8.42. The number of thiophene rings is 1. The molecule has 0 saturated carbocycles. The van der Waals surface area contributed by atoms with Gasteiger partial charge in [0.15, 0.2) is 5.57 Å². The second-order valence-electron chi connectivity index (χ2n) is 5.81. The summed E-state index contributed by atoms with van der Waals surface area (Å²) in [7, 11) is 1.62. The van der Waals surface area contributed by atoms with Crippen molar-refractivity contribution < 1.29 is 23.8 Å². The molecule has 1 fully saturated rings. The lowest BCUT2D eigenvalue weighted by atomic mass is 10.1. The molecule has 0 atom stereocenters. The van der Waals surface area contributed by atoms with Crippen LogP contribution < -0.4 is 10.1 Å². The van der Waals surface area contributed by atoms with Gasteiger partial charge in [-0.3, -0.25) is 0 Å². The zero-order chi connectivity index (χ0) is 18.0. The van der Waals surface area contributed by atoms with Crippen molar-refractivity contribution in [3.63, 3.8) is 0 Å². The molecule has 3 rings (SSSR count). The molecule has 0 unspecified atom stereocenters. The molecule has 1 aromatic carbocycles. The number of methoxy groups -OCH3 is 1. The zero-order valence-electron chi connectivity index (χ0n) is 14.0. The lowest BCUT2D eigenvalue weighted by Gasteiger charge is -2.29. The first-order valence-electron chi connectivity index (χ1n) is 7.54. The minimum Gasteiger partial charge on any atom is -0.497 e. The minimum absolute atomic E-state index is 0.171. The van der Waals surface area contributed by atoms with Crippen LogP contribution in [0.4, 0.5) is 5.00 Å². The van der Waals surface area contributed by atoms with Crippen LogP contribution in [0.5, 0.6) is 5.75 Å². The highest BCUT2D eigenvalue weighted by Crippen LogP contribution is 2.31. The Bertz CT molecular complexity index is 831. The predicted molar refractivity (Wildman–Crippen MR) is 94.3 cm³/mol. The molecule has 2 aromatic rings. The van der Waals surface area contributed by atoms with Gasteiger partial charge in [0.2, 0.25) is 0 Å². The van der Waals surface area contributed by atoms with E-state index >= 15 is 0 Å². The maximum atomic E-state index is 11.9. The Labute approximate surface area is 149 Å². The molecule has 2 heterocycles. The van der Waals surface area contributed by atoms with Gasteiger partial charge < -0.3 is 19.5 Å². The summed E-state index contributed by atoms with van der Waals surface area (Å²) in [4.78, 5) is 23.8. The zero-order valence-corrected chi connectivity index (χ0v) is 14.8. The molecular weight excluding hydrogens is 342 g/mol. The van der Waals surface area contributed by atoms with Crippen LogP contribution in [0, 0.1) is 0 Å². The summed E-state index contributed by atoms with van der Waals surface area (Å²) in [5.74, 6) is -1.89. The molecule has 0 bridgehead atoms. The Hall–Kier alpha value is -2.80. The number of carbonyl (C=O) groups is 2. The number of nitrogens with one attached hydrogen (secondary N) is 1. The van der Waals surface area contributed by atoms with Gasteiger partial charge in [0, 0.05) is 25.4 Å². The molecule has 0 amide bonds. The van der Waals surface area contributed by atoms with Gasteiger partial charge in [-0.15, -0.1) is 11.3 Å². The van der Waals surface area contributed by atoms with Crippen LogP contribution in [-0.4, -0.2) is 24.8 Å². The molecule has 0 aliphatic carbocycles. The van der Waals surface area contributed by atoms with Crippen molar-refractivity contribution in [3.05, 3.63) is 47.5 Å². The van der Waals surface area contributed by atoms with Crippen LogP contribution in [0.3, 0.4) is 0 Å². The summed E-state index contributed by atoms with van der Waals surface area (Å²) in [6.07, 6.45) is 1.31. The Morgan fingerprint density at radius 2 is 1.84 bits per heavy atom. The van der Waals surface area contributed by atoms with E-state index in [1.54, 1.807) is 7.11 Å². The van der Waals surface area contributed by atoms with Gasteiger partial charge in [-0.25, -0.2) is 9.59 Å². The first-order chi connectivity index (χ1) is 11.9. The average Bonchev–Trinajstić information content (AvgIpc) is 3.02. The van der Waals surface area contributed by atoms with Crippen molar-refractivity contribution in [2.24, 2.45) is 0 Å². The first kappa shape index (κ1) is 17.0. The van der Waals surface area contributed by atoms with Gasteiger partial charge in [0.25, 0.3) is 5.79 Å². The molecule has 0 radical (unpaired) electrons. The van der Waals surface area contributed by atoms with Crippen LogP contribution in [0.25, 0.3) is 11.1 Å². The van der Waals surface area contributed by atoms with Crippen LogP contribution in [-0.2, 0) is 19.1 Å². The van der Waals surface area contributed by atoms with E-state index in [2.05, 4.69) is 5.32 Å². The number of anilines is 1. The number of esters is 2. The highest BCUT2D eigenvalue weighted by atomic mass is 32.1. The van der Waals surface area contributed by atoms with Crippen molar-refractivity contribution in [2.75, 3.05) is 12.4 Å². The van der Waals surface area contributed by atoms with E-state index in [0.29, 0.717) is 0 Å². The molecule has 7 heteroatoms. The van der Waals surface area contributed by atoms with Gasteiger partial charge in [-0.2, -0.15) is 0 Å². The Balaban J connectivity index is 1.75. The second kappa shape index (κ2) is 6.60. The minimum atomic E-state index is -1.24. The number of carbonyl (C=O) groups excluding carboxylic acids is 2. The number of cyclic esters (lactones) is 2. The Kier molecular flexibility index (Phi) is 4.50. The molecule has 1 aromatic heterocycles. The fourth-order valence-electron chi connectivity index (χ4n) is 2.29. The SMILES string of the molecule is COc1cccc(-c2csc(NC=C3C(=O)OC(C)(C)OC3=O)c2)c1. The maximum absolute atomic E-state index is 11.9. The number of hydrogen-bond donors (Lipinski definition) is 1. The monoisotopic (exact) mass is 359 g/mol. The van der Waals surface area contributed by atoms with Gasteiger partial charge in [-0.1, -0.05) is 12.1 Å². The van der Waals surface area contributed by atoms with Crippen LogP contribution >= 0.6 is 11.3 Å². The molecule has 1 aliphatic heterocycles. The van der Waals surface area contributed by atoms with Crippen molar-refractivity contribution in [1.29, 1.82) is 0 Å². The summed E-state index contributed by atoms with van der Waals surface area (Å²) in [6, 6.07) is 9.62. The smallest absolute Gasteiger partial charge is 0.350 e. The number of hydrogen-bond acceptors (Lipinski definition) is 7. The third-order valence-electron chi connectivity index (χ3n) is 3.48. The van der Waals surface area contributed by atoms with Crippen molar-refractivity contribution in [1.82, 2.24) is 0 Å². The number of ether oxygens (including phenoxy) is 3. The standard InChI is InChI=1S/C18H17NO5S/c1-18(2)23-16(20)14(17(21)24-18)9-19-15-8-12(10-25-15)11-5-4-6-13(7-11)22-3/h4-10,19H,1-3H3. The maximum Gasteiger partial charge on any atom is 0.350 e. The summed E-state index contributed by atoms with van der Waals surface area (Å²) in [5.41, 5.74) is 1.84. The number of rotatable bonds is 4. The normalized spacial score (nSPS) is 16.0. The van der Waals surface area contributed by atoms with E-state index in [1.165, 1.54) is 31.4 Å². The molecule has 25 heavy (non-hydrogen) atoms. The molecule has 1 N–H and O–H groups in total. The molecule has 1 saturated heterocycles. The topological polar surface area (TPSA) is 73.9 Å². The Morgan fingerprint density at radius 1 is 1.12 bits per heavy atom. The summed E-state index contributed by atoms with van der Waals surface area (Å²) in [5, 5.41) is 5.69. The molecule has 0 spiro atoms. The van der Waals surface area contributed by atoms with Crippen molar-refractivity contribution in [3.8, 4) is 16.9 Å². The summed E-state index contributed by atoms with van der Waals surface area (Å²) >= 11 is 1.45.